The van der Waals surface area contributed by atoms with E-state index in [1.54, 1.807) is 24.0 Å². The number of carbonyl (C=O) groups excluding carboxylic acids is 2. The molecule has 28 heavy (non-hydrogen) atoms. The van der Waals surface area contributed by atoms with Crippen molar-refractivity contribution in [1.82, 2.24) is 19.7 Å². The van der Waals surface area contributed by atoms with Gasteiger partial charge in [-0.25, -0.2) is 0 Å². The van der Waals surface area contributed by atoms with Crippen molar-refractivity contribution in [1.29, 1.82) is 0 Å². The van der Waals surface area contributed by atoms with E-state index < -0.39 is 0 Å². The van der Waals surface area contributed by atoms with Crippen molar-refractivity contribution in [2.75, 3.05) is 33.9 Å². The molecule has 1 saturated heterocycles. The van der Waals surface area contributed by atoms with E-state index in [2.05, 4.69) is 5.32 Å². The minimum Gasteiger partial charge on any atom is -0.383 e. The van der Waals surface area contributed by atoms with Gasteiger partial charge in [-0.1, -0.05) is 18.2 Å². The normalized spacial score (nSPS) is 15.9. The van der Waals surface area contributed by atoms with E-state index in [-0.39, 0.29) is 18.4 Å². The number of ether oxygens (including phenoxy) is 1. The first-order valence-electron chi connectivity index (χ1n) is 9.12. The van der Waals surface area contributed by atoms with Crippen LogP contribution in [0, 0.1) is 0 Å². The first-order chi connectivity index (χ1) is 13.5. The molecular formula is C20H24N4O3S. The van der Waals surface area contributed by atoms with E-state index >= 15 is 0 Å². The number of hydrogen-bond acceptors (Lipinski definition) is 4. The zero-order valence-electron chi connectivity index (χ0n) is 16.3. The average Bonchev–Trinajstić information content (AvgIpc) is 3.12. The van der Waals surface area contributed by atoms with Gasteiger partial charge in [-0.15, -0.1) is 0 Å². The molecule has 7 nitrogen and oxygen atoms in total. The summed E-state index contributed by atoms with van der Waals surface area (Å²) in [6.45, 7) is 3.56. The number of para-hydroxylation sites is 1. The summed E-state index contributed by atoms with van der Waals surface area (Å²) in [4.78, 5) is 28.2. The largest absolute Gasteiger partial charge is 0.383 e. The van der Waals surface area contributed by atoms with Crippen molar-refractivity contribution in [2.45, 2.75) is 13.5 Å². The molecule has 0 saturated carbocycles. The number of fused-ring (bicyclic) bond motifs is 1. The maximum Gasteiger partial charge on any atom is 0.276 e. The van der Waals surface area contributed by atoms with Crippen LogP contribution in [0.25, 0.3) is 17.0 Å². The summed E-state index contributed by atoms with van der Waals surface area (Å²) < 4.78 is 6.85. The fraction of sp³-hybridized carbons (Fsp3) is 0.350. The van der Waals surface area contributed by atoms with E-state index in [0.717, 1.165) is 16.5 Å². The molecule has 8 heteroatoms. The molecule has 2 aromatic rings. The lowest BCUT2D eigenvalue weighted by Gasteiger charge is -2.13. The van der Waals surface area contributed by atoms with Crippen molar-refractivity contribution in [3.63, 3.8) is 0 Å². The summed E-state index contributed by atoms with van der Waals surface area (Å²) in [5, 5.41) is 4.30. The topological polar surface area (TPSA) is 66.8 Å². The van der Waals surface area contributed by atoms with Gasteiger partial charge in [0.05, 0.1) is 6.61 Å². The molecular weight excluding hydrogens is 376 g/mol. The van der Waals surface area contributed by atoms with Gasteiger partial charge in [0, 0.05) is 49.9 Å². The Balaban J connectivity index is 1.94. The third kappa shape index (κ3) is 3.79. The second-order valence-electron chi connectivity index (χ2n) is 6.49. The van der Waals surface area contributed by atoms with E-state index in [9.17, 15) is 9.59 Å². The molecule has 0 unspecified atom stereocenters. The van der Waals surface area contributed by atoms with Crippen molar-refractivity contribution in [3.05, 3.63) is 41.7 Å². The van der Waals surface area contributed by atoms with Crippen molar-refractivity contribution >= 4 is 46.1 Å². The lowest BCUT2D eigenvalue weighted by molar-refractivity contribution is -0.123. The molecule has 0 radical (unpaired) electrons. The molecule has 2 amide bonds. The molecule has 1 aliphatic rings. The molecule has 1 aliphatic heterocycles. The van der Waals surface area contributed by atoms with Crippen molar-refractivity contribution < 1.29 is 14.3 Å². The second kappa shape index (κ2) is 8.53. The zero-order valence-corrected chi connectivity index (χ0v) is 17.1. The summed E-state index contributed by atoms with van der Waals surface area (Å²) >= 11 is 5.36. The standard InChI is InChI=1S/C20H24N4O3S/c1-4-24-19(26)17(22(2)20(24)28)11-14-12-23(13-18(25)21-9-10-27-3)16-8-6-5-7-15(14)16/h5-8,11-12H,4,9-10,13H2,1-3H3,(H,21,25)/b17-11-. The van der Waals surface area contributed by atoms with Crippen LogP contribution >= 0.6 is 12.2 Å². The highest BCUT2D eigenvalue weighted by Gasteiger charge is 2.34. The van der Waals surface area contributed by atoms with Crippen LogP contribution in [0.3, 0.4) is 0 Å². The SMILES string of the molecule is CCN1C(=O)/C(=C/c2cn(CC(=O)NCCOC)c3ccccc23)N(C)C1=S. The van der Waals surface area contributed by atoms with Gasteiger partial charge in [-0.05, 0) is 31.3 Å². The lowest BCUT2D eigenvalue weighted by atomic mass is 10.1. The van der Waals surface area contributed by atoms with E-state index in [1.807, 2.05) is 48.0 Å². The van der Waals surface area contributed by atoms with Crippen LogP contribution in [0.2, 0.25) is 0 Å². The van der Waals surface area contributed by atoms with E-state index in [1.165, 1.54) is 0 Å². The molecule has 0 spiro atoms. The highest BCUT2D eigenvalue weighted by atomic mass is 32.1. The molecule has 0 aliphatic carbocycles. The van der Waals surface area contributed by atoms with Gasteiger partial charge in [0.25, 0.3) is 5.91 Å². The first-order valence-corrected chi connectivity index (χ1v) is 9.53. The number of nitrogens with one attached hydrogen (secondary N) is 1. The maximum atomic E-state index is 12.7. The third-order valence-corrected chi connectivity index (χ3v) is 5.21. The van der Waals surface area contributed by atoms with Gasteiger partial charge < -0.3 is 19.5 Å². The quantitative estimate of drug-likeness (QED) is 0.436. The Bertz CT molecular complexity index is 950. The predicted molar refractivity (Wildman–Crippen MR) is 113 cm³/mol. The Morgan fingerprint density at radius 1 is 1.32 bits per heavy atom. The Labute approximate surface area is 169 Å². The van der Waals surface area contributed by atoms with Gasteiger partial charge in [-0.2, -0.15) is 0 Å². The summed E-state index contributed by atoms with van der Waals surface area (Å²) in [6, 6.07) is 7.81. The number of likely N-dealkylation sites (N-methyl/N-ethyl adjacent to an activating group) is 2. The van der Waals surface area contributed by atoms with Crippen LogP contribution < -0.4 is 5.32 Å². The number of benzene rings is 1. The minimum atomic E-state index is -0.107. The van der Waals surface area contributed by atoms with Gasteiger partial charge in [0.2, 0.25) is 5.91 Å². The maximum absolute atomic E-state index is 12.7. The van der Waals surface area contributed by atoms with Crippen molar-refractivity contribution in [3.8, 4) is 0 Å². The van der Waals surface area contributed by atoms with E-state index in [4.69, 9.17) is 17.0 Å². The Kier molecular flexibility index (Phi) is 6.11. The summed E-state index contributed by atoms with van der Waals surface area (Å²) in [6.07, 6.45) is 3.73. The third-order valence-electron chi connectivity index (χ3n) is 4.71. The van der Waals surface area contributed by atoms with Crippen LogP contribution in [0.1, 0.15) is 12.5 Å². The van der Waals surface area contributed by atoms with Gasteiger partial charge in [0.1, 0.15) is 12.2 Å². The lowest BCUT2D eigenvalue weighted by Crippen LogP contribution is -2.30. The number of amides is 2. The van der Waals surface area contributed by atoms with Crippen LogP contribution in [-0.2, 0) is 20.9 Å². The summed E-state index contributed by atoms with van der Waals surface area (Å²) in [7, 11) is 3.39. The van der Waals surface area contributed by atoms with Gasteiger partial charge in [0.15, 0.2) is 5.11 Å². The molecule has 0 bridgehead atoms. The monoisotopic (exact) mass is 400 g/mol. The number of thiocarbonyl (C=S) groups is 1. The van der Waals surface area contributed by atoms with Crippen LogP contribution in [-0.4, -0.2) is 65.1 Å². The first kappa shape index (κ1) is 20.0. The summed E-state index contributed by atoms with van der Waals surface area (Å²) in [5.41, 5.74) is 2.33. The number of carbonyl (C=O) groups is 2. The Morgan fingerprint density at radius 2 is 2.07 bits per heavy atom. The zero-order chi connectivity index (χ0) is 20.3. The number of rotatable bonds is 7. The smallest absolute Gasteiger partial charge is 0.276 e. The highest BCUT2D eigenvalue weighted by molar-refractivity contribution is 7.80. The minimum absolute atomic E-state index is 0.0931. The molecule has 0 atom stereocenters. The molecule has 2 heterocycles. The predicted octanol–water partition coefficient (Wildman–Crippen LogP) is 1.82. The van der Waals surface area contributed by atoms with Crippen LogP contribution in [0.15, 0.2) is 36.2 Å². The number of aromatic nitrogens is 1. The summed E-state index contributed by atoms with van der Waals surface area (Å²) in [5.74, 6) is -0.200. The van der Waals surface area contributed by atoms with Gasteiger partial charge in [-0.3, -0.25) is 14.5 Å². The molecule has 1 aromatic heterocycles. The molecule has 1 fully saturated rings. The number of nitrogens with zero attached hydrogens (tertiary/aromatic N) is 3. The molecule has 1 N–H and O–H groups in total. The van der Waals surface area contributed by atoms with Crippen molar-refractivity contribution in [2.24, 2.45) is 0 Å². The van der Waals surface area contributed by atoms with Crippen LogP contribution in [0.4, 0.5) is 0 Å². The highest BCUT2D eigenvalue weighted by Crippen LogP contribution is 2.27. The number of methoxy groups -OCH3 is 1. The Hall–Kier alpha value is -2.71. The van der Waals surface area contributed by atoms with E-state index in [0.29, 0.717) is 30.5 Å². The van der Waals surface area contributed by atoms with Gasteiger partial charge >= 0.3 is 0 Å². The molecule has 3 rings (SSSR count). The number of hydrogen-bond donors (Lipinski definition) is 1. The Morgan fingerprint density at radius 3 is 2.75 bits per heavy atom. The average molecular weight is 401 g/mol. The fourth-order valence-corrected chi connectivity index (χ4v) is 3.57. The van der Waals surface area contributed by atoms with Crippen LogP contribution in [0.5, 0.6) is 0 Å². The molecule has 1 aromatic carbocycles. The fourth-order valence-electron chi connectivity index (χ4n) is 3.26. The molecule has 148 valence electrons. The second-order valence-corrected chi connectivity index (χ2v) is 6.86.